The van der Waals surface area contributed by atoms with Gasteiger partial charge in [-0.15, -0.1) is 0 Å². The predicted octanol–water partition coefficient (Wildman–Crippen LogP) is 3.15. The molecule has 12 heavy (non-hydrogen) atoms. The lowest BCUT2D eigenvalue weighted by Crippen LogP contribution is -2.03. The van der Waals surface area contributed by atoms with Crippen LogP contribution in [0.15, 0.2) is 12.1 Å². The van der Waals surface area contributed by atoms with Crippen LogP contribution >= 0.6 is 34.8 Å². The van der Waals surface area contributed by atoms with E-state index >= 15 is 0 Å². The molecule has 0 aliphatic carbocycles. The summed E-state index contributed by atoms with van der Waals surface area (Å²) >= 11 is 17.5. The van der Waals surface area contributed by atoms with Crippen molar-refractivity contribution in [1.29, 1.82) is 0 Å². The minimum atomic E-state index is 0.529. The Labute approximate surface area is 86.4 Å². The van der Waals surface area contributed by atoms with Crippen LogP contribution in [0.4, 0.5) is 0 Å². The molecule has 0 aliphatic rings. The summed E-state index contributed by atoms with van der Waals surface area (Å²) in [5, 5.41) is 1.71. The quantitative estimate of drug-likeness (QED) is 0.820. The van der Waals surface area contributed by atoms with Crippen LogP contribution in [0.3, 0.4) is 0 Å². The van der Waals surface area contributed by atoms with Crippen LogP contribution in [-0.4, -0.2) is 6.54 Å². The molecular weight excluding hydrogens is 216 g/mol. The van der Waals surface area contributed by atoms with E-state index in [1.807, 2.05) is 0 Å². The lowest BCUT2D eigenvalue weighted by molar-refractivity contribution is 0.969. The lowest BCUT2D eigenvalue weighted by Gasteiger charge is -2.05. The average Bonchev–Trinajstić information content (AvgIpc) is 1.96. The summed E-state index contributed by atoms with van der Waals surface area (Å²) in [5.41, 5.74) is 6.25. The molecular formula is C8H8Cl3N. The van der Waals surface area contributed by atoms with Crippen molar-refractivity contribution >= 4 is 34.8 Å². The summed E-state index contributed by atoms with van der Waals surface area (Å²) in [6.45, 7) is 0.529. The first-order chi connectivity index (χ1) is 5.65. The Kier molecular flexibility index (Phi) is 3.66. The summed E-state index contributed by atoms with van der Waals surface area (Å²) < 4.78 is 0. The third-order valence-corrected chi connectivity index (χ3v) is 2.39. The Morgan fingerprint density at radius 2 is 1.58 bits per heavy atom. The van der Waals surface area contributed by atoms with E-state index in [-0.39, 0.29) is 0 Å². The largest absolute Gasteiger partial charge is 0.330 e. The first-order valence-corrected chi connectivity index (χ1v) is 4.62. The number of halogens is 3. The summed E-state index contributed by atoms with van der Waals surface area (Å²) in [6.07, 6.45) is 0.675. The standard InChI is InChI=1S/C8H8Cl3N/c9-5-3-7(10)6(1-2-12)8(11)4-5/h3-4H,1-2,12H2. The SMILES string of the molecule is NCCc1c(Cl)cc(Cl)cc1Cl. The van der Waals surface area contributed by atoms with Gasteiger partial charge in [0.25, 0.3) is 0 Å². The molecule has 1 nitrogen and oxygen atoms in total. The third kappa shape index (κ3) is 2.27. The van der Waals surface area contributed by atoms with Gasteiger partial charge in [-0.25, -0.2) is 0 Å². The van der Waals surface area contributed by atoms with E-state index in [9.17, 15) is 0 Å². The summed E-state index contributed by atoms with van der Waals surface area (Å²) in [6, 6.07) is 3.33. The van der Waals surface area contributed by atoms with Gasteiger partial charge < -0.3 is 5.73 Å². The highest BCUT2D eigenvalue weighted by molar-refractivity contribution is 6.39. The van der Waals surface area contributed by atoms with Crippen LogP contribution in [0.2, 0.25) is 15.1 Å². The van der Waals surface area contributed by atoms with Crippen LogP contribution in [0.1, 0.15) is 5.56 Å². The molecule has 66 valence electrons. The number of benzene rings is 1. The fraction of sp³-hybridized carbons (Fsp3) is 0.250. The molecule has 2 N–H and O–H groups in total. The second-order valence-corrected chi connectivity index (χ2v) is 3.64. The van der Waals surface area contributed by atoms with E-state index in [0.717, 1.165) is 5.56 Å². The molecule has 4 heteroatoms. The predicted molar refractivity (Wildman–Crippen MR) is 54.2 cm³/mol. The van der Waals surface area contributed by atoms with Gasteiger partial charge in [0.1, 0.15) is 0 Å². The molecule has 0 unspecified atom stereocenters. The molecule has 1 rings (SSSR count). The van der Waals surface area contributed by atoms with Crippen molar-refractivity contribution in [3.8, 4) is 0 Å². The number of rotatable bonds is 2. The molecule has 0 amide bonds. The van der Waals surface area contributed by atoms with Crippen LogP contribution in [-0.2, 0) is 6.42 Å². The Bertz CT molecular complexity index is 263. The van der Waals surface area contributed by atoms with Crippen molar-refractivity contribution in [2.45, 2.75) is 6.42 Å². The van der Waals surface area contributed by atoms with Gasteiger partial charge in [0.2, 0.25) is 0 Å². The van der Waals surface area contributed by atoms with E-state index in [2.05, 4.69) is 0 Å². The van der Waals surface area contributed by atoms with Crippen molar-refractivity contribution in [2.75, 3.05) is 6.54 Å². The highest BCUT2D eigenvalue weighted by atomic mass is 35.5. The second-order valence-electron chi connectivity index (χ2n) is 2.39. The van der Waals surface area contributed by atoms with Gasteiger partial charge in [-0.3, -0.25) is 0 Å². The Morgan fingerprint density at radius 1 is 1.08 bits per heavy atom. The highest BCUT2D eigenvalue weighted by Crippen LogP contribution is 2.28. The molecule has 0 saturated heterocycles. The first kappa shape index (κ1) is 10.1. The third-order valence-electron chi connectivity index (χ3n) is 1.50. The Morgan fingerprint density at radius 3 is 2.00 bits per heavy atom. The number of nitrogens with two attached hydrogens (primary N) is 1. The Hall–Kier alpha value is 0.0500. The van der Waals surface area contributed by atoms with E-state index in [4.69, 9.17) is 40.5 Å². The minimum Gasteiger partial charge on any atom is -0.330 e. The number of hydrogen-bond donors (Lipinski definition) is 1. The fourth-order valence-electron chi connectivity index (χ4n) is 0.955. The molecule has 1 aromatic rings. The molecule has 0 fully saturated rings. The van der Waals surface area contributed by atoms with E-state index < -0.39 is 0 Å². The summed E-state index contributed by atoms with van der Waals surface area (Å²) in [4.78, 5) is 0. The van der Waals surface area contributed by atoms with E-state index in [1.165, 1.54) is 0 Å². The molecule has 0 atom stereocenters. The van der Waals surface area contributed by atoms with Crippen molar-refractivity contribution in [3.05, 3.63) is 32.8 Å². The van der Waals surface area contributed by atoms with Crippen LogP contribution in [0, 0.1) is 0 Å². The summed E-state index contributed by atoms with van der Waals surface area (Å²) in [7, 11) is 0. The van der Waals surface area contributed by atoms with E-state index in [0.29, 0.717) is 28.0 Å². The summed E-state index contributed by atoms with van der Waals surface area (Å²) in [5.74, 6) is 0. The smallest absolute Gasteiger partial charge is 0.0468 e. The number of hydrogen-bond acceptors (Lipinski definition) is 1. The zero-order chi connectivity index (χ0) is 9.14. The van der Waals surface area contributed by atoms with Crippen LogP contribution in [0.25, 0.3) is 0 Å². The zero-order valence-corrected chi connectivity index (χ0v) is 8.55. The van der Waals surface area contributed by atoms with Gasteiger partial charge in [0, 0.05) is 15.1 Å². The van der Waals surface area contributed by atoms with Gasteiger partial charge >= 0.3 is 0 Å². The van der Waals surface area contributed by atoms with Crippen molar-refractivity contribution in [1.82, 2.24) is 0 Å². The maximum atomic E-state index is 5.89. The van der Waals surface area contributed by atoms with Crippen molar-refractivity contribution < 1.29 is 0 Å². The van der Waals surface area contributed by atoms with Crippen molar-refractivity contribution in [2.24, 2.45) is 5.73 Å². The molecule has 0 aromatic heterocycles. The normalized spacial score (nSPS) is 10.3. The van der Waals surface area contributed by atoms with Gasteiger partial charge in [-0.05, 0) is 30.7 Å². The van der Waals surface area contributed by atoms with Crippen LogP contribution in [0.5, 0.6) is 0 Å². The van der Waals surface area contributed by atoms with Gasteiger partial charge in [-0.1, -0.05) is 34.8 Å². The maximum Gasteiger partial charge on any atom is 0.0468 e. The average molecular weight is 225 g/mol. The van der Waals surface area contributed by atoms with Gasteiger partial charge in [0.05, 0.1) is 0 Å². The second kappa shape index (κ2) is 4.33. The molecule has 0 spiro atoms. The minimum absolute atomic E-state index is 0.529. The molecule has 0 heterocycles. The topological polar surface area (TPSA) is 26.0 Å². The first-order valence-electron chi connectivity index (χ1n) is 3.48. The molecule has 1 aromatic carbocycles. The molecule has 0 bridgehead atoms. The van der Waals surface area contributed by atoms with Gasteiger partial charge in [-0.2, -0.15) is 0 Å². The highest BCUT2D eigenvalue weighted by Gasteiger charge is 2.05. The Balaban J connectivity index is 3.10. The molecule has 0 aliphatic heterocycles. The molecule has 0 radical (unpaired) electrons. The fourth-order valence-corrected chi connectivity index (χ4v) is 1.96. The maximum absolute atomic E-state index is 5.89. The van der Waals surface area contributed by atoms with Gasteiger partial charge in [0.15, 0.2) is 0 Å². The zero-order valence-electron chi connectivity index (χ0n) is 6.28. The van der Waals surface area contributed by atoms with E-state index in [1.54, 1.807) is 12.1 Å². The van der Waals surface area contributed by atoms with Crippen molar-refractivity contribution in [3.63, 3.8) is 0 Å². The molecule has 0 saturated carbocycles. The monoisotopic (exact) mass is 223 g/mol. The van der Waals surface area contributed by atoms with Crippen LogP contribution < -0.4 is 5.73 Å². The lowest BCUT2D eigenvalue weighted by atomic mass is 10.1.